The molecule has 0 bridgehead atoms. The molecule has 4 rings (SSSR count). The van der Waals surface area contributed by atoms with Gasteiger partial charge in [0.05, 0.1) is 0 Å². The molecule has 38 heavy (non-hydrogen) atoms. The molecule has 0 amide bonds. The molecule has 0 spiro atoms. The SMILES string of the molecule is C=CCCc1ccc2cc(C#Cc3ccc(CCc4ccc(CCCCCCC)cc4)cc3)ccc2c1F. The summed E-state index contributed by atoms with van der Waals surface area (Å²) in [6.45, 7) is 5.99. The fourth-order valence-corrected chi connectivity index (χ4v) is 4.86. The van der Waals surface area contributed by atoms with Crippen LogP contribution in [0.4, 0.5) is 4.39 Å². The summed E-state index contributed by atoms with van der Waals surface area (Å²) in [5.41, 5.74) is 6.79. The largest absolute Gasteiger partial charge is 0.206 e. The first-order valence-electron chi connectivity index (χ1n) is 14.2. The first-order valence-corrected chi connectivity index (χ1v) is 14.2. The summed E-state index contributed by atoms with van der Waals surface area (Å²) >= 11 is 0. The van der Waals surface area contributed by atoms with Crippen LogP contribution in [0.25, 0.3) is 10.8 Å². The minimum absolute atomic E-state index is 0.131. The van der Waals surface area contributed by atoms with Crippen molar-refractivity contribution < 1.29 is 4.39 Å². The van der Waals surface area contributed by atoms with Crippen molar-refractivity contribution in [1.82, 2.24) is 0 Å². The van der Waals surface area contributed by atoms with Gasteiger partial charge in [0.1, 0.15) is 5.82 Å². The fourth-order valence-electron chi connectivity index (χ4n) is 4.86. The molecule has 0 aromatic heterocycles. The predicted octanol–water partition coefficient (Wildman–Crippen LogP) is 9.80. The number of benzene rings is 4. The van der Waals surface area contributed by atoms with E-state index in [-0.39, 0.29) is 5.82 Å². The van der Waals surface area contributed by atoms with Gasteiger partial charge in [0.2, 0.25) is 0 Å². The normalized spacial score (nSPS) is 10.8. The van der Waals surface area contributed by atoms with E-state index < -0.39 is 0 Å². The third-order valence-corrected chi connectivity index (χ3v) is 7.25. The van der Waals surface area contributed by atoms with Crippen LogP contribution >= 0.6 is 0 Å². The third kappa shape index (κ3) is 7.93. The lowest BCUT2D eigenvalue weighted by Crippen LogP contribution is -1.93. The average Bonchev–Trinajstić information content (AvgIpc) is 2.96. The second kappa shape index (κ2) is 14.3. The highest BCUT2D eigenvalue weighted by Gasteiger charge is 2.07. The second-order valence-electron chi connectivity index (χ2n) is 10.2. The number of unbranched alkanes of at least 4 members (excludes halogenated alkanes) is 4. The highest BCUT2D eigenvalue weighted by atomic mass is 19.1. The molecule has 0 heterocycles. The Morgan fingerprint density at radius 3 is 1.95 bits per heavy atom. The summed E-state index contributed by atoms with van der Waals surface area (Å²) < 4.78 is 14.8. The Morgan fingerprint density at radius 2 is 1.26 bits per heavy atom. The Hall–Kier alpha value is -3.63. The number of halogens is 1. The number of hydrogen-bond acceptors (Lipinski definition) is 0. The molecule has 0 aliphatic carbocycles. The van der Waals surface area contributed by atoms with E-state index in [1.54, 1.807) is 0 Å². The Kier molecular flexibility index (Phi) is 10.3. The molecule has 0 radical (unpaired) electrons. The third-order valence-electron chi connectivity index (χ3n) is 7.25. The molecule has 0 unspecified atom stereocenters. The summed E-state index contributed by atoms with van der Waals surface area (Å²) in [5, 5.41) is 1.53. The van der Waals surface area contributed by atoms with Gasteiger partial charge in [-0.25, -0.2) is 4.39 Å². The first-order chi connectivity index (χ1) is 18.7. The van der Waals surface area contributed by atoms with Crippen LogP contribution in [0.15, 0.2) is 91.5 Å². The molecule has 0 atom stereocenters. The van der Waals surface area contributed by atoms with Crippen molar-refractivity contribution in [3.63, 3.8) is 0 Å². The maximum Gasteiger partial charge on any atom is 0.134 e. The Bertz CT molecular complexity index is 1380. The van der Waals surface area contributed by atoms with Crippen LogP contribution in [0.3, 0.4) is 0 Å². The van der Waals surface area contributed by atoms with Crippen LogP contribution in [0.5, 0.6) is 0 Å². The molecule has 0 N–H and O–H groups in total. The predicted molar refractivity (Wildman–Crippen MR) is 161 cm³/mol. The zero-order valence-electron chi connectivity index (χ0n) is 22.7. The number of aryl methyl sites for hydroxylation is 4. The Labute approximate surface area is 228 Å². The van der Waals surface area contributed by atoms with Crippen molar-refractivity contribution >= 4 is 10.8 Å². The molecule has 0 saturated heterocycles. The Morgan fingerprint density at radius 1 is 0.658 bits per heavy atom. The number of allylic oxidation sites excluding steroid dienone is 1. The van der Waals surface area contributed by atoms with Crippen molar-refractivity contribution in [2.75, 3.05) is 0 Å². The van der Waals surface area contributed by atoms with Crippen molar-refractivity contribution in [1.29, 1.82) is 0 Å². The fraction of sp³-hybridized carbons (Fsp3) is 0.297. The molecule has 0 aliphatic heterocycles. The van der Waals surface area contributed by atoms with Gasteiger partial charge in [0, 0.05) is 16.5 Å². The van der Waals surface area contributed by atoms with Gasteiger partial charge in [-0.3, -0.25) is 0 Å². The van der Waals surface area contributed by atoms with Gasteiger partial charge in [-0.1, -0.05) is 105 Å². The van der Waals surface area contributed by atoms with Gasteiger partial charge in [-0.05, 0) is 90.4 Å². The minimum Gasteiger partial charge on any atom is -0.206 e. The molecule has 4 aromatic rings. The van der Waals surface area contributed by atoms with E-state index in [0.29, 0.717) is 11.8 Å². The lowest BCUT2D eigenvalue weighted by atomic mass is 10.00. The summed E-state index contributed by atoms with van der Waals surface area (Å²) in [7, 11) is 0. The zero-order chi connectivity index (χ0) is 26.6. The lowest BCUT2D eigenvalue weighted by Gasteiger charge is -2.06. The van der Waals surface area contributed by atoms with E-state index in [2.05, 4.69) is 73.9 Å². The molecule has 4 aromatic carbocycles. The summed E-state index contributed by atoms with van der Waals surface area (Å²) in [5.74, 6) is 6.37. The quantitative estimate of drug-likeness (QED) is 0.103. The minimum atomic E-state index is -0.131. The van der Waals surface area contributed by atoms with Gasteiger partial charge in [-0.2, -0.15) is 0 Å². The molecule has 0 aliphatic rings. The molecule has 194 valence electrons. The van der Waals surface area contributed by atoms with Gasteiger partial charge in [0.25, 0.3) is 0 Å². The first kappa shape index (κ1) is 27.4. The van der Waals surface area contributed by atoms with E-state index >= 15 is 0 Å². The molecular weight excluding hydrogens is 463 g/mol. The van der Waals surface area contributed by atoms with Gasteiger partial charge in [-0.15, -0.1) is 6.58 Å². The Balaban J connectivity index is 1.30. The molecule has 0 fully saturated rings. The zero-order valence-corrected chi connectivity index (χ0v) is 22.7. The van der Waals surface area contributed by atoms with Gasteiger partial charge < -0.3 is 0 Å². The van der Waals surface area contributed by atoms with Crippen LogP contribution in [0.1, 0.15) is 78.8 Å². The van der Waals surface area contributed by atoms with Crippen LogP contribution in [0, 0.1) is 17.7 Å². The van der Waals surface area contributed by atoms with E-state index in [1.807, 2.05) is 36.4 Å². The van der Waals surface area contributed by atoms with E-state index in [0.717, 1.165) is 41.3 Å². The van der Waals surface area contributed by atoms with E-state index in [9.17, 15) is 4.39 Å². The van der Waals surface area contributed by atoms with Crippen molar-refractivity contribution in [3.8, 4) is 11.8 Å². The monoisotopic (exact) mass is 502 g/mol. The van der Waals surface area contributed by atoms with Crippen molar-refractivity contribution in [2.24, 2.45) is 0 Å². The summed E-state index contributed by atoms with van der Waals surface area (Å²) in [4.78, 5) is 0. The van der Waals surface area contributed by atoms with Gasteiger partial charge >= 0.3 is 0 Å². The highest BCUT2D eigenvalue weighted by Crippen LogP contribution is 2.23. The molecule has 1 heteroatoms. The van der Waals surface area contributed by atoms with Crippen LogP contribution in [-0.4, -0.2) is 0 Å². The lowest BCUT2D eigenvalue weighted by molar-refractivity contribution is 0.621. The maximum absolute atomic E-state index is 14.8. The van der Waals surface area contributed by atoms with Crippen molar-refractivity contribution in [2.45, 2.75) is 71.1 Å². The van der Waals surface area contributed by atoms with Crippen LogP contribution in [0.2, 0.25) is 0 Å². The topological polar surface area (TPSA) is 0 Å². The number of rotatable bonds is 12. The highest BCUT2D eigenvalue weighted by molar-refractivity contribution is 5.85. The molecule has 0 nitrogen and oxygen atoms in total. The summed E-state index contributed by atoms with van der Waals surface area (Å²) in [6, 6.07) is 27.3. The number of hydrogen-bond donors (Lipinski definition) is 0. The molecule has 0 saturated carbocycles. The molecular formula is C37H39F. The van der Waals surface area contributed by atoms with E-state index in [4.69, 9.17) is 0 Å². The maximum atomic E-state index is 14.8. The number of fused-ring (bicyclic) bond motifs is 1. The second-order valence-corrected chi connectivity index (χ2v) is 10.2. The van der Waals surface area contributed by atoms with Crippen LogP contribution in [-0.2, 0) is 25.7 Å². The van der Waals surface area contributed by atoms with E-state index in [1.165, 1.54) is 55.2 Å². The standard InChI is InChI=1S/C37H39F/c1-3-5-7-8-9-10-29-12-14-30(15-13-29)16-17-31-18-20-32(21-19-31)22-23-33-24-27-36-35(28-33)26-25-34(37(36)38)11-6-4-2/h4,12-15,18-21,24-28H,2-3,5-11,16-17H2,1H3. The van der Waals surface area contributed by atoms with Crippen molar-refractivity contribution in [3.05, 3.63) is 131 Å². The van der Waals surface area contributed by atoms with Crippen LogP contribution < -0.4 is 0 Å². The average molecular weight is 503 g/mol. The smallest absolute Gasteiger partial charge is 0.134 e. The summed E-state index contributed by atoms with van der Waals surface area (Å²) in [6.07, 6.45) is 13.2. The van der Waals surface area contributed by atoms with Gasteiger partial charge in [0.15, 0.2) is 0 Å².